The van der Waals surface area contributed by atoms with Crippen LogP contribution >= 0.6 is 0 Å². The molecule has 0 aliphatic carbocycles. The Morgan fingerprint density at radius 3 is 2.38 bits per heavy atom. The minimum Gasteiger partial charge on any atom is -0.493 e. The summed E-state index contributed by atoms with van der Waals surface area (Å²) in [5, 5.41) is 3.50. The minimum atomic E-state index is 0.683. The number of hydrogen-bond acceptors (Lipinski definition) is 4. The molecule has 0 saturated heterocycles. The summed E-state index contributed by atoms with van der Waals surface area (Å²) in [5.74, 6) is 1.53. The molecule has 2 aromatic rings. The Balaban J connectivity index is 1.97. The molecule has 0 spiro atoms. The molecule has 2 aromatic carbocycles. The van der Waals surface area contributed by atoms with Crippen molar-refractivity contribution in [2.24, 2.45) is 5.73 Å². The van der Waals surface area contributed by atoms with Crippen LogP contribution in [0.1, 0.15) is 23.6 Å². The molecule has 0 bridgehead atoms. The number of benzene rings is 2. The van der Waals surface area contributed by atoms with Gasteiger partial charge in [0.25, 0.3) is 0 Å². The van der Waals surface area contributed by atoms with E-state index in [4.69, 9.17) is 15.2 Å². The molecule has 24 heavy (non-hydrogen) atoms. The Morgan fingerprint density at radius 2 is 1.71 bits per heavy atom. The maximum Gasteiger partial charge on any atom is 0.160 e. The number of nitrogens with two attached hydrogens (primary N) is 1. The molecule has 0 radical (unpaired) electrons. The Labute approximate surface area is 145 Å². The second-order valence-electron chi connectivity index (χ2n) is 5.74. The van der Waals surface area contributed by atoms with E-state index in [1.54, 1.807) is 14.2 Å². The summed E-state index contributed by atoms with van der Waals surface area (Å²) in [6.07, 6.45) is 2.89. The largest absolute Gasteiger partial charge is 0.493 e. The molecule has 4 heteroatoms. The lowest BCUT2D eigenvalue weighted by atomic mass is 10.0. The van der Waals surface area contributed by atoms with Gasteiger partial charge in [0.1, 0.15) is 0 Å². The van der Waals surface area contributed by atoms with Crippen molar-refractivity contribution in [1.82, 2.24) is 0 Å². The monoisotopic (exact) mass is 328 g/mol. The van der Waals surface area contributed by atoms with E-state index in [9.17, 15) is 0 Å². The highest BCUT2D eigenvalue weighted by molar-refractivity contribution is 5.49. The SMILES string of the molecule is CCc1ccc(NCCc2ccc(OC)c(OC)c2)cc1CCN. The number of ether oxygens (including phenoxy) is 2. The molecule has 0 unspecified atom stereocenters. The average molecular weight is 328 g/mol. The predicted molar refractivity (Wildman–Crippen MR) is 100 cm³/mol. The van der Waals surface area contributed by atoms with E-state index in [0.717, 1.165) is 43.0 Å². The summed E-state index contributed by atoms with van der Waals surface area (Å²) in [6, 6.07) is 12.6. The van der Waals surface area contributed by atoms with Crippen LogP contribution in [0.15, 0.2) is 36.4 Å². The van der Waals surface area contributed by atoms with Gasteiger partial charge in [-0.25, -0.2) is 0 Å². The highest BCUT2D eigenvalue weighted by Gasteiger charge is 2.05. The molecule has 0 aliphatic rings. The number of hydrogen-bond donors (Lipinski definition) is 2. The van der Waals surface area contributed by atoms with E-state index in [0.29, 0.717) is 6.54 Å². The molecule has 2 rings (SSSR count). The second-order valence-corrected chi connectivity index (χ2v) is 5.74. The van der Waals surface area contributed by atoms with Crippen molar-refractivity contribution in [3.05, 3.63) is 53.1 Å². The van der Waals surface area contributed by atoms with Gasteiger partial charge >= 0.3 is 0 Å². The number of anilines is 1. The molecule has 0 amide bonds. The van der Waals surface area contributed by atoms with Crippen molar-refractivity contribution in [1.29, 1.82) is 0 Å². The van der Waals surface area contributed by atoms with Crippen LogP contribution in [-0.4, -0.2) is 27.3 Å². The van der Waals surface area contributed by atoms with Crippen LogP contribution in [0.5, 0.6) is 11.5 Å². The molecule has 3 N–H and O–H groups in total. The van der Waals surface area contributed by atoms with Crippen molar-refractivity contribution in [3.63, 3.8) is 0 Å². The zero-order valence-corrected chi connectivity index (χ0v) is 14.9. The number of rotatable bonds is 9. The van der Waals surface area contributed by atoms with Crippen molar-refractivity contribution in [2.75, 3.05) is 32.6 Å². The number of aryl methyl sites for hydroxylation is 1. The van der Waals surface area contributed by atoms with Gasteiger partial charge in [0, 0.05) is 12.2 Å². The average Bonchev–Trinajstić information content (AvgIpc) is 2.62. The van der Waals surface area contributed by atoms with E-state index < -0.39 is 0 Å². The quantitative estimate of drug-likeness (QED) is 0.740. The summed E-state index contributed by atoms with van der Waals surface area (Å²) >= 11 is 0. The summed E-state index contributed by atoms with van der Waals surface area (Å²) in [7, 11) is 3.31. The van der Waals surface area contributed by atoms with Gasteiger partial charge in [-0.3, -0.25) is 0 Å². The predicted octanol–water partition coefficient (Wildman–Crippen LogP) is 3.42. The van der Waals surface area contributed by atoms with Crippen LogP contribution in [0.4, 0.5) is 5.69 Å². The molecule has 130 valence electrons. The lowest BCUT2D eigenvalue weighted by Crippen LogP contribution is -2.08. The van der Waals surface area contributed by atoms with Gasteiger partial charge in [0.15, 0.2) is 11.5 Å². The highest BCUT2D eigenvalue weighted by Crippen LogP contribution is 2.27. The Hall–Kier alpha value is -2.20. The van der Waals surface area contributed by atoms with Gasteiger partial charge in [0.05, 0.1) is 14.2 Å². The second kappa shape index (κ2) is 9.18. The Bertz CT molecular complexity index is 656. The first-order chi connectivity index (χ1) is 11.7. The lowest BCUT2D eigenvalue weighted by Gasteiger charge is -2.13. The topological polar surface area (TPSA) is 56.5 Å². The standard InChI is InChI=1S/C20H28N2O2/c1-4-16-6-7-18(14-17(16)9-11-21)22-12-10-15-5-8-19(23-2)20(13-15)24-3/h5-8,13-14,22H,4,9-12,21H2,1-3H3. The van der Waals surface area contributed by atoms with Crippen molar-refractivity contribution in [3.8, 4) is 11.5 Å². The molecule has 0 aromatic heterocycles. The van der Waals surface area contributed by atoms with Crippen molar-refractivity contribution >= 4 is 5.69 Å². The van der Waals surface area contributed by atoms with E-state index in [1.807, 2.05) is 12.1 Å². The van der Waals surface area contributed by atoms with Gasteiger partial charge in [0.2, 0.25) is 0 Å². The van der Waals surface area contributed by atoms with Gasteiger partial charge in [-0.15, -0.1) is 0 Å². The lowest BCUT2D eigenvalue weighted by molar-refractivity contribution is 0.354. The van der Waals surface area contributed by atoms with Crippen molar-refractivity contribution in [2.45, 2.75) is 26.2 Å². The molecule has 0 heterocycles. The fourth-order valence-electron chi connectivity index (χ4n) is 2.86. The van der Waals surface area contributed by atoms with Crippen LogP contribution < -0.4 is 20.5 Å². The molecule has 0 atom stereocenters. The van der Waals surface area contributed by atoms with E-state index in [2.05, 4.69) is 36.5 Å². The normalized spacial score (nSPS) is 10.5. The van der Waals surface area contributed by atoms with Crippen LogP contribution in [0.25, 0.3) is 0 Å². The van der Waals surface area contributed by atoms with E-state index in [1.165, 1.54) is 16.7 Å². The fourth-order valence-corrected chi connectivity index (χ4v) is 2.86. The first-order valence-corrected chi connectivity index (χ1v) is 8.48. The number of methoxy groups -OCH3 is 2. The molecular weight excluding hydrogens is 300 g/mol. The first-order valence-electron chi connectivity index (χ1n) is 8.48. The van der Waals surface area contributed by atoms with Crippen LogP contribution in [0.3, 0.4) is 0 Å². The summed E-state index contributed by atoms with van der Waals surface area (Å²) in [5.41, 5.74) is 10.8. The van der Waals surface area contributed by atoms with Gasteiger partial charge in [-0.1, -0.05) is 19.1 Å². The summed E-state index contributed by atoms with van der Waals surface area (Å²) in [4.78, 5) is 0. The smallest absolute Gasteiger partial charge is 0.160 e. The third-order valence-corrected chi connectivity index (χ3v) is 4.19. The molecule has 0 fully saturated rings. The van der Waals surface area contributed by atoms with Crippen LogP contribution in [-0.2, 0) is 19.3 Å². The maximum atomic E-state index is 5.72. The van der Waals surface area contributed by atoms with E-state index >= 15 is 0 Å². The molecule has 0 saturated carbocycles. The third kappa shape index (κ3) is 4.65. The van der Waals surface area contributed by atoms with Gasteiger partial charge < -0.3 is 20.5 Å². The fraction of sp³-hybridized carbons (Fsp3) is 0.400. The zero-order chi connectivity index (χ0) is 17.4. The third-order valence-electron chi connectivity index (χ3n) is 4.19. The van der Waals surface area contributed by atoms with E-state index in [-0.39, 0.29) is 0 Å². The maximum absolute atomic E-state index is 5.72. The Morgan fingerprint density at radius 1 is 0.917 bits per heavy atom. The van der Waals surface area contributed by atoms with Crippen molar-refractivity contribution < 1.29 is 9.47 Å². The molecular formula is C20H28N2O2. The Kier molecular flexibility index (Phi) is 6.94. The number of nitrogens with one attached hydrogen (secondary N) is 1. The first kappa shape index (κ1) is 18.1. The van der Waals surface area contributed by atoms with Gasteiger partial charge in [-0.05, 0) is 66.8 Å². The summed E-state index contributed by atoms with van der Waals surface area (Å²) in [6.45, 7) is 3.73. The molecule has 0 aliphatic heterocycles. The zero-order valence-electron chi connectivity index (χ0n) is 14.9. The van der Waals surface area contributed by atoms with Gasteiger partial charge in [-0.2, -0.15) is 0 Å². The highest BCUT2D eigenvalue weighted by atomic mass is 16.5. The summed E-state index contributed by atoms with van der Waals surface area (Å²) < 4.78 is 10.6. The van der Waals surface area contributed by atoms with Crippen LogP contribution in [0, 0.1) is 0 Å². The minimum absolute atomic E-state index is 0.683. The molecule has 4 nitrogen and oxygen atoms in total. The van der Waals surface area contributed by atoms with Crippen LogP contribution in [0.2, 0.25) is 0 Å².